The number of pyridine rings is 1. The summed E-state index contributed by atoms with van der Waals surface area (Å²) in [4.78, 5) is 0. The molecular weight excluding hydrogens is 228 g/mol. The van der Waals surface area contributed by atoms with Crippen LogP contribution in [0.3, 0.4) is 0 Å². The van der Waals surface area contributed by atoms with Crippen LogP contribution in [-0.4, -0.2) is 17.8 Å². The number of ether oxygens (including phenoxy) is 1. The summed E-state index contributed by atoms with van der Waals surface area (Å²) in [6.45, 7) is 0.798. The van der Waals surface area contributed by atoms with E-state index in [4.69, 9.17) is 4.74 Å². The lowest BCUT2D eigenvalue weighted by molar-refractivity contribution is -0.703. The Kier molecular flexibility index (Phi) is 4.28. The highest BCUT2D eigenvalue weighted by Crippen LogP contribution is 2.12. The fourth-order valence-corrected chi connectivity index (χ4v) is 1.63. The second-order valence-corrected chi connectivity index (χ2v) is 4.18. The number of quaternary nitrogens is 1. The van der Waals surface area contributed by atoms with Gasteiger partial charge in [0.1, 0.15) is 24.1 Å². The van der Waals surface area contributed by atoms with Crippen LogP contribution in [0.5, 0.6) is 5.75 Å². The molecule has 0 bridgehead atoms. The molecular formula is C14H18N2O2+2. The van der Waals surface area contributed by atoms with Crippen molar-refractivity contribution >= 4 is 5.69 Å². The minimum atomic E-state index is -0.531. The first-order valence-electron chi connectivity index (χ1n) is 5.91. The van der Waals surface area contributed by atoms with Gasteiger partial charge in [-0.1, -0.05) is 6.07 Å². The zero-order valence-electron chi connectivity index (χ0n) is 10.2. The van der Waals surface area contributed by atoms with Gasteiger partial charge in [-0.05, 0) is 12.1 Å². The van der Waals surface area contributed by atoms with Gasteiger partial charge >= 0.3 is 0 Å². The maximum atomic E-state index is 9.86. The van der Waals surface area contributed by atoms with E-state index in [1.54, 1.807) is 0 Å². The third-order valence-electron chi connectivity index (χ3n) is 2.56. The normalized spacial score (nSPS) is 12.1. The molecule has 0 aliphatic rings. The number of aromatic nitrogens is 1. The van der Waals surface area contributed by atoms with Gasteiger partial charge in [-0.25, -0.2) is 4.57 Å². The second-order valence-electron chi connectivity index (χ2n) is 4.18. The molecule has 1 heterocycles. The zero-order valence-corrected chi connectivity index (χ0v) is 10.2. The fraction of sp³-hybridized carbons (Fsp3) is 0.214. The molecule has 2 rings (SSSR count). The van der Waals surface area contributed by atoms with E-state index in [1.165, 1.54) is 0 Å². The van der Waals surface area contributed by atoms with Crippen molar-refractivity contribution in [2.75, 3.05) is 6.61 Å². The molecule has 1 atom stereocenters. The van der Waals surface area contributed by atoms with E-state index in [-0.39, 0.29) is 6.61 Å². The smallest absolute Gasteiger partial charge is 0.177 e. The molecule has 0 fully saturated rings. The van der Waals surface area contributed by atoms with Crippen molar-refractivity contribution in [3.05, 3.63) is 54.9 Å². The molecule has 4 nitrogen and oxygen atoms in total. The molecule has 0 saturated heterocycles. The monoisotopic (exact) mass is 246 g/mol. The highest BCUT2D eigenvalue weighted by atomic mass is 16.5. The molecule has 0 saturated carbocycles. The summed E-state index contributed by atoms with van der Waals surface area (Å²) in [7, 11) is 0. The molecule has 0 spiro atoms. The highest BCUT2D eigenvalue weighted by Gasteiger charge is 2.11. The van der Waals surface area contributed by atoms with E-state index in [1.807, 2.05) is 59.4 Å². The van der Waals surface area contributed by atoms with Gasteiger partial charge in [-0.2, -0.15) is 0 Å². The third-order valence-corrected chi connectivity index (χ3v) is 2.56. The topological polar surface area (TPSA) is 61.0 Å². The van der Waals surface area contributed by atoms with E-state index in [9.17, 15) is 5.11 Å². The summed E-state index contributed by atoms with van der Waals surface area (Å²) in [6, 6.07) is 13.3. The van der Waals surface area contributed by atoms with Crippen LogP contribution < -0.4 is 15.0 Å². The van der Waals surface area contributed by atoms with Crippen molar-refractivity contribution in [3.8, 4) is 5.75 Å². The Morgan fingerprint density at radius 3 is 2.44 bits per heavy atom. The molecule has 1 aromatic heterocycles. The average Bonchev–Trinajstić information content (AvgIpc) is 2.39. The van der Waals surface area contributed by atoms with Crippen LogP contribution in [0.15, 0.2) is 54.9 Å². The van der Waals surface area contributed by atoms with Crippen LogP contribution in [0, 0.1) is 0 Å². The fourth-order valence-electron chi connectivity index (χ4n) is 1.63. The minimum absolute atomic E-state index is 0.276. The van der Waals surface area contributed by atoms with Gasteiger partial charge in [0, 0.05) is 24.3 Å². The molecule has 4 heteroatoms. The minimum Gasteiger partial charge on any atom is -0.491 e. The first-order chi connectivity index (χ1) is 8.74. The van der Waals surface area contributed by atoms with E-state index >= 15 is 0 Å². The molecule has 1 aromatic carbocycles. The van der Waals surface area contributed by atoms with Crippen molar-refractivity contribution in [3.63, 3.8) is 0 Å². The van der Waals surface area contributed by atoms with Crippen molar-refractivity contribution in [1.82, 2.24) is 0 Å². The standard InChI is InChI=1S/C14H17N2O2/c15-12-4-6-14(7-5-12)18-11-13(17)10-16-8-2-1-3-9-16/h1-9,13,17H,10-11,15H2/q+1/p+1. The Hall–Kier alpha value is -1.91. The Balaban J connectivity index is 1.81. The van der Waals surface area contributed by atoms with E-state index in [2.05, 4.69) is 5.73 Å². The van der Waals surface area contributed by atoms with E-state index in [0.717, 1.165) is 11.4 Å². The van der Waals surface area contributed by atoms with Gasteiger partial charge in [-0.15, -0.1) is 0 Å². The van der Waals surface area contributed by atoms with Crippen LogP contribution in [0.1, 0.15) is 0 Å². The van der Waals surface area contributed by atoms with Crippen LogP contribution in [-0.2, 0) is 6.54 Å². The lowest BCUT2D eigenvalue weighted by atomic mass is 10.3. The van der Waals surface area contributed by atoms with Gasteiger partial charge in [0.2, 0.25) is 0 Å². The zero-order chi connectivity index (χ0) is 12.8. The van der Waals surface area contributed by atoms with E-state index < -0.39 is 6.10 Å². The van der Waals surface area contributed by atoms with Gasteiger partial charge in [0.05, 0.1) is 0 Å². The van der Waals surface area contributed by atoms with Gasteiger partial charge in [-0.3, -0.25) is 0 Å². The number of rotatable bonds is 5. The summed E-state index contributed by atoms with van der Waals surface area (Å²) < 4.78 is 7.43. The first kappa shape index (κ1) is 12.5. The third kappa shape index (κ3) is 3.84. The quantitative estimate of drug-likeness (QED) is 0.745. The number of nitrogens with zero attached hydrogens (tertiary/aromatic N) is 1. The maximum Gasteiger partial charge on any atom is 0.177 e. The van der Waals surface area contributed by atoms with Crippen LogP contribution in [0.2, 0.25) is 0 Å². The maximum absolute atomic E-state index is 9.86. The molecule has 0 amide bonds. The summed E-state index contributed by atoms with van der Waals surface area (Å²) in [5, 5.41) is 9.86. The first-order valence-corrected chi connectivity index (χ1v) is 5.91. The van der Waals surface area contributed by atoms with Crippen molar-refractivity contribution in [2.45, 2.75) is 12.6 Å². The summed E-state index contributed by atoms with van der Waals surface area (Å²) >= 11 is 0. The van der Waals surface area contributed by atoms with Crippen LogP contribution in [0.4, 0.5) is 5.69 Å². The highest BCUT2D eigenvalue weighted by molar-refractivity contribution is 5.34. The second kappa shape index (κ2) is 6.14. The molecule has 2 aromatic rings. The number of benzene rings is 1. The molecule has 0 radical (unpaired) electrons. The van der Waals surface area contributed by atoms with Gasteiger partial charge in [0.15, 0.2) is 18.9 Å². The van der Waals surface area contributed by atoms with Crippen LogP contribution in [0.25, 0.3) is 0 Å². The number of hydrogen-bond acceptors (Lipinski definition) is 2. The molecule has 0 aliphatic heterocycles. The largest absolute Gasteiger partial charge is 0.491 e. The summed E-state index contributed by atoms with van der Waals surface area (Å²) in [6.07, 6.45) is 3.30. The predicted molar refractivity (Wildman–Crippen MR) is 67.1 cm³/mol. The predicted octanol–water partition coefficient (Wildman–Crippen LogP) is 0.287. The molecule has 0 aliphatic carbocycles. The molecule has 4 N–H and O–H groups in total. The lowest BCUT2D eigenvalue weighted by Gasteiger charge is -2.09. The van der Waals surface area contributed by atoms with Crippen molar-refractivity contribution in [2.24, 2.45) is 0 Å². The number of aliphatic hydroxyl groups is 1. The SMILES string of the molecule is [NH3+]c1ccc(OCC(O)C[n+]2ccccc2)cc1. The van der Waals surface area contributed by atoms with E-state index in [0.29, 0.717) is 6.54 Å². The average molecular weight is 246 g/mol. The Labute approximate surface area is 106 Å². The van der Waals surface area contributed by atoms with Crippen molar-refractivity contribution in [1.29, 1.82) is 0 Å². The van der Waals surface area contributed by atoms with Gasteiger partial charge in [0.25, 0.3) is 0 Å². The van der Waals surface area contributed by atoms with Crippen molar-refractivity contribution < 1.29 is 20.1 Å². The van der Waals surface area contributed by atoms with Crippen LogP contribution >= 0.6 is 0 Å². The number of hydrogen-bond donors (Lipinski definition) is 2. The van der Waals surface area contributed by atoms with Gasteiger partial charge < -0.3 is 15.6 Å². The Bertz CT molecular complexity index is 471. The summed E-state index contributed by atoms with van der Waals surface area (Å²) in [5.74, 6) is 0.750. The molecule has 1 unspecified atom stereocenters. The Morgan fingerprint density at radius 1 is 1.11 bits per heavy atom. The summed E-state index contributed by atoms with van der Waals surface area (Å²) in [5.41, 5.74) is 4.75. The molecule has 18 heavy (non-hydrogen) atoms. The lowest BCUT2D eigenvalue weighted by Crippen LogP contribution is -2.41. The number of aliphatic hydroxyl groups excluding tert-OH is 1. The Morgan fingerprint density at radius 2 is 1.78 bits per heavy atom. The molecule has 94 valence electrons.